The number of benzene rings is 2. The molecule has 0 N–H and O–H groups in total. The summed E-state index contributed by atoms with van der Waals surface area (Å²) in [5, 5.41) is 0. The molecule has 0 spiro atoms. The Morgan fingerprint density at radius 2 is 1.06 bits per heavy atom. The van der Waals surface area contributed by atoms with E-state index >= 15 is 0 Å². The number of carbonyl (C=O) groups is 2. The van der Waals surface area contributed by atoms with Gasteiger partial charge in [0.2, 0.25) is 0 Å². The molecule has 4 nitrogen and oxygen atoms in total. The van der Waals surface area contributed by atoms with Crippen LogP contribution in [0.3, 0.4) is 0 Å². The van der Waals surface area contributed by atoms with Gasteiger partial charge >= 0.3 is 189 Å². The number of ketones is 2. The Kier molecular flexibility index (Phi) is 6.34. The van der Waals surface area contributed by atoms with E-state index in [1.165, 1.54) is 6.56 Å². The fourth-order valence-electron chi connectivity index (χ4n) is 3.72. The third-order valence-corrected chi connectivity index (χ3v) is 14.0. The summed E-state index contributed by atoms with van der Waals surface area (Å²) in [6.45, 7) is 3.11. The third-order valence-electron chi connectivity index (χ3n) is 5.43. The first-order valence-electron chi connectivity index (χ1n) is 10.3. The van der Waals surface area contributed by atoms with Crippen LogP contribution in [0, 0.1) is 0 Å². The molecule has 2 aromatic rings. The first-order valence-corrected chi connectivity index (χ1v) is 14.8. The van der Waals surface area contributed by atoms with Crippen LogP contribution in [0.15, 0.2) is 91.5 Å². The predicted octanol–water partition coefficient (Wildman–Crippen LogP) is 6.22. The molecule has 0 aliphatic heterocycles. The number of hydrogen-bond acceptors (Lipinski definition) is 4. The minimum atomic E-state index is -4.06. The summed E-state index contributed by atoms with van der Waals surface area (Å²) in [7, 11) is 0. The van der Waals surface area contributed by atoms with E-state index in [2.05, 4.69) is 24.3 Å². The normalized spacial score (nSPS) is 14.9. The molecule has 0 amide bonds. The SMILES string of the molecule is CC(=O)c1ccc([O][Zr]([O]c2ccc(C(C)=O)cc2)([C]2=CC=CC2)[C]2=CC=CC2)cc1. The van der Waals surface area contributed by atoms with Crippen LogP contribution >= 0.6 is 0 Å². The van der Waals surface area contributed by atoms with Crippen LogP contribution in [0.1, 0.15) is 47.4 Å². The molecule has 31 heavy (non-hydrogen) atoms. The molecule has 156 valence electrons. The summed E-state index contributed by atoms with van der Waals surface area (Å²) in [4.78, 5) is 23.3. The van der Waals surface area contributed by atoms with Crippen molar-refractivity contribution in [1.29, 1.82) is 0 Å². The van der Waals surface area contributed by atoms with Gasteiger partial charge in [-0.15, -0.1) is 0 Å². The summed E-state index contributed by atoms with van der Waals surface area (Å²) < 4.78 is 15.9. The van der Waals surface area contributed by atoms with Gasteiger partial charge in [-0.2, -0.15) is 0 Å². The van der Waals surface area contributed by atoms with E-state index in [-0.39, 0.29) is 11.6 Å². The number of carbonyl (C=O) groups excluding carboxylic acids is 2. The summed E-state index contributed by atoms with van der Waals surface area (Å²) in [6.07, 6.45) is 14.2. The molecule has 0 heterocycles. The summed E-state index contributed by atoms with van der Waals surface area (Å²) in [5.74, 6) is 1.44. The molecular formula is C26H24O4Zr. The molecule has 2 aliphatic rings. The first kappa shape index (κ1) is 21.5. The topological polar surface area (TPSA) is 52.6 Å². The molecule has 2 aliphatic carbocycles. The molecule has 0 unspecified atom stereocenters. The molecular weight excluding hydrogens is 468 g/mol. The zero-order chi connectivity index (χ0) is 21.8. The Bertz CT molecular complexity index is 1030. The van der Waals surface area contributed by atoms with Crippen LogP contribution < -0.4 is 5.63 Å². The van der Waals surface area contributed by atoms with Crippen LogP contribution in [-0.4, -0.2) is 11.6 Å². The zero-order valence-corrected chi connectivity index (χ0v) is 20.1. The summed E-state index contributed by atoms with van der Waals surface area (Å²) in [6, 6.07) is 14.5. The van der Waals surface area contributed by atoms with Gasteiger partial charge in [0.25, 0.3) is 0 Å². The zero-order valence-electron chi connectivity index (χ0n) is 17.6. The van der Waals surface area contributed by atoms with E-state index in [0.29, 0.717) is 22.6 Å². The van der Waals surface area contributed by atoms with Crippen LogP contribution in [0.5, 0.6) is 11.5 Å². The van der Waals surface area contributed by atoms with E-state index in [1.54, 1.807) is 38.1 Å². The Hall–Kier alpha value is -2.78. The number of allylic oxidation sites excluding steroid dienone is 8. The molecule has 4 rings (SSSR count). The fourth-order valence-corrected chi connectivity index (χ4v) is 11.9. The van der Waals surface area contributed by atoms with Crippen LogP contribution in [0.4, 0.5) is 0 Å². The van der Waals surface area contributed by atoms with Crippen molar-refractivity contribution in [1.82, 2.24) is 0 Å². The van der Waals surface area contributed by atoms with Gasteiger partial charge in [0.1, 0.15) is 0 Å². The van der Waals surface area contributed by atoms with Crippen molar-refractivity contribution in [2.75, 3.05) is 0 Å². The molecule has 0 fully saturated rings. The molecule has 0 radical (unpaired) electrons. The van der Waals surface area contributed by atoms with Crippen molar-refractivity contribution >= 4 is 11.6 Å². The molecule has 5 heteroatoms. The van der Waals surface area contributed by atoms with Crippen molar-refractivity contribution in [2.45, 2.75) is 26.7 Å². The molecule has 2 aromatic carbocycles. The minimum absolute atomic E-state index is 0.0218. The standard InChI is InChI=1S/2C8H8O2.2C5H5.Zr/c2*1-6(9)7-2-4-8(10)5-3-7;2*1-2-4-5-3-1;/h2*2-5,10H,1H3;2*1-3H,4H2;/q;;;;+2/p-2. The summed E-state index contributed by atoms with van der Waals surface area (Å²) in [5.41, 5.74) is 1.30. The van der Waals surface area contributed by atoms with Gasteiger partial charge in [-0.25, -0.2) is 0 Å². The van der Waals surface area contributed by atoms with E-state index in [0.717, 1.165) is 12.8 Å². The average molecular weight is 492 g/mol. The van der Waals surface area contributed by atoms with Crippen molar-refractivity contribution in [3.8, 4) is 11.5 Å². The predicted molar refractivity (Wildman–Crippen MR) is 118 cm³/mol. The van der Waals surface area contributed by atoms with Gasteiger partial charge in [0.15, 0.2) is 0 Å². The molecule has 0 saturated heterocycles. The van der Waals surface area contributed by atoms with Crippen LogP contribution in [-0.2, 0) is 21.1 Å². The maximum atomic E-state index is 11.7. The summed E-state index contributed by atoms with van der Waals surface area (Å²) >= 11 is -4.06. The van der Waals surface area contributed by atoms with E-state index in [4.69, 9.17) is 5.63 Å². The van der Waals surface area contributed by atoms with E-state index < -0.39 is 21.1 Å². The Morgan fingerprint density at radius 1 is 0.677 bits per heavy atom. The van der Waals surface area contributed by atoms with Gasteiger partial charge in [-0.3, -0.25) is 0 Å². The van der Waals surface area contributed by atoms with Crippen molar-refractivity contribution in [3.05, 3.63) is 103 Å². The number of rotatable bonds is 8. The second-order valence-electron chi connectivity index (χ2n) is 7.63. The van der Waals surface area contributed by atoms with Gasteiger partial charge in [0.05, 0.1) is 0 Å². The van der Waals surface area contributed by atoms with E-state index in [1.807, 2.05) is 36.4 Å². The Morgan fingerprint density at radius 3 is 1.35 bits per heavy atom. The van der Waals surface area contributed by atoms with Gasteiger partial charge in [-0.05, 0) is 0 Å². The molecule has 0 bridgehead atoms. The number of Topliss-reactive ketones (excluding diaryl/α,β-unsaturated/α-hetero) is 2. The Balaban J connectivity index is 1.74. The van der Waals surface area contributed by atoms with Crippen LogP contribution in [0.25, 0.3) is 0 Å². The fraction of sp³-hybridized carbons (Fsp3) is 0.154. The average Bonchev–Trinajstić information content (AvgIpc) is 3.49. The van der Waals surface area contributed by atoms with Crippen molar-refractivity contribution in [2.24, 2.45) is 0 Å². The van der Waals surface area contributed by atoms with Crippen molar-refractivity contribution < 1.29 is 36.4 Å². The van der Waals surface area contributed by atoms with Crippen molar-refractivity contribution in [3.63, 3.8) is 0 Å². The molecule has 0 atom stereocenters. The second kappa shape index (κ2) is 9.15. The number of hydrogen-bond donors (Lipinski definition) is 0. The quantitative estimate of drug-likeness (QED) is 0.411. The van der Waals surface area contributed by atoms with Gasteiger partial charge < -0.3 is 0 Å². The van der Waals surface area contributed by atoms with Gasteiger partial charge in [0, 0.05) is 0 Å². The second-order valence-corrected chi connectivity index (χ2v) is 14.8. The molecule has 0 aromatic heterocycles. The monoisotopic (exact) mass is 490 g/mol. The van der Waals surface area contributed by atoms with Gasteiger partial charge in [-0.1, -0.05) is 0 Å². The third kappa shape index (κ3) is 4.62. The first-order chi connectivity index (χ1) is 15.0. The van der Waals surface area contributed by atoms with E-state index in [9.17, 15) is 9.59 Å². The van der Waals surface area contributed by atoms with Crippen LogP contribution in [0.2, 0.25) is 0 Å². The molecule has 0 saturated carbocycles. The Labute approximate surface area is 188 Å². The maximum absolute atomic E-state index is 11.7.